The van der Waals surface area contributed by atoms with E-state index in [1.807, 2.05) is 0 Å². The first kappa shape index (κ1) is 15.1. The summed E-state index contributed by atoms with van der Waals surface area (Å²) in [7, 11) is 0. The average Bonchev–Trinajstić information content (AvgIpc) is 2.27. The summed E-state index contributed by atoms with van der Waals surface area (Å²) >= 11 is 0. The molecule has 1 aliphatic heterocycles. The Morgan fingerprint density at radius 1 is 1.26 bits per heavy atom. The summed E-state index contributed by atoms with van der Waals surface area (Å²) in [5.74, 6) is -1.18. The summed E-state index contributed by atoms with van der Waals surface area (Å²) in [6.07, 6.45) is -1.65. The SMILES string of the molecule is CC(C)OC(=O)NC1CCC(C(=O)O)N(C(=O)O)C1. The average molecular weight is 274 g/mol. The van der Waals surface area contributed by atoms with Crippen LogP contribution >= 0.6 is 0 Å². The Morgan fingerprint density at radius 3 is 2.37 bits per heavy atom. The molecule has 1 saturated heterocycles. The zero-order valence-electron chi connectivity index (χ0n) is 10.8. The molecule has 0 aliphatic carbocycles. The van der Waals surface area contributed by atoms with Gasteiger partial charge in [0.15, 0.2) is 0 Å². The van der Waals surface area contributed by atoms with Crippen LogP contribution in [0.2, 0.25) is 0 Å². The molecule has 3 N–H and O–H groups in total. The predicted molar refractivity (Wildman–Crippen MR) is 63.9 cm³/mol. The minimum Gasteiger partial charge on any atom is -0.480 e. The van der Waals surface area contributed by atoms with Gasteiger partial charge in [-0.2, -0.15) is 0 Å². The van der Waals surface area contributed by atoms with E-state index in [-0.39, 0.29) is 19.1 Å². The van der Waals surface area contributed by atoms with Crippen molar-refractivity contribution in [2.45, 2.75) is 44.9 Å². The summed E-state index contributed by atoms with van der Waals surface area (Å²) in [6.45, 7) is 3.34. The molecule has 0 saturated carbocycles. The van der Waals surface area contributed by atoms with E-state index >= 15 is 0 Å². The summed E-state index contributed by atoms with van der Waals surface area (Å²) in [5, 5.41) is 20.4. The van der Waals surface area contributed by atoms with Crippen molar-refractivity contribution in [2.24, 2.45) is 0 Å². The standard InChI is InChI=1S/C11H18N2O6/c1-6(2)19-10(16)12-7-3-4-8(9(14)15)13(5-7)11(17)18/h6-8H,3-5H2,1-2H3,(H,12,16)(H,14,15)(H,17,18). The Kier molecular flexibility index (Phi) is 4.96. The lowest BCUT2D eigenvalue weighted by molar-refractivity contribution is -0.143. The van der Waals surface area contributed by atoms with Gasteiger partial charge in [0.1, 0.15) is 6.04 Å². The van der Waals surface area contributed by atoms with Crippen molar-refractivity contribution < 1.29 is 29.3 Å². The van der Waals surface area contributed by atoms with E-state index in [9.17, 15) is 14.4 Å². The molecule has 0 radical (unpaired) electrons. The second-order valence-corrected chi connectivity index (χ2v) is 4.66. The number of nitrogens with one attached hydrogen (secondary N) is 1. The number of nitrogens with zero attached hydrogens (tertiary/aromatic N) is 1. The third-order valence-corrected chi connectivity index (χ3v) is 2.78. The van der Waals surface area contributed by atoms with Crippen LogP contribution in [0.5, 0.6) is 0 Å². The van der Waals surface area contributed by atoms with Crippen LogP contribution < -0.4 is 5.32 Å². The van der Waals surface area contributed by atoms with Gasteiger partial charge in [0.25, 0.3) is 0 Å². The van der Waals surface area contributed by atoms with Gasteiger partial charge in [0.05, 0.1) is 12.1 Å². The molecule has 0 aromatic rings. The van der Waals surface area contributed by atoms with E-state index in [4.69, 9.17) is 14.9 Å². The number of rotatable bonds is 3. The lowest BCUT2D eigenvalue weighted by atomic mass is 9.99. The number of carboxylic acids is 1. The number of ether oxygens (including phenoxy) is 1. The van der Waals surface area contributed by atoms with Crippen molar-refractivity contribution in [3.63, 3.8) is 0 Å². The number of hydrogen-bond acceptors (Lipinski definition) is 4. The highest BCUT2D eigenvalue weighted by molar-refractivity contribution is 5.79. The molecule has 1 aliphatic rings. The third-order valence-electron chi connectivity index (χ3n) is 2.78. The maximum atomic E-state index is 11.4. The normalized spacial score (nSPS) is 23.0. The Labute approximate surface area is 110 Å². The second-order valence-electron chi connectivity index (χ2n) is 4.66. The summed E-state index contributed by atoms with van der Waals surface area (Å²) < 4.78 is 4.89. The first-order chi connectivity index (χ1) is 8.81. The van der Waals surface area contributed by atoms with Crippen LogP contribution in [0.3, 0.4) is 0 Å². The number of hydrogen-bond donors (Lipinski definition) is 3. The van der Waals surface area contributed by atoms with E-state index in [1.54, 1.807) is 13.8 Å². The van der Waals surface area contributed by atoms with Crippen LogP contribution in [0.1, 0.15) is 26.7 Å². The molecule has 1 fully saturated rings. The summed E-state index contributed by atoms with van der Waals surface area (Å²) in [5.41, 5.74) is 0. The van der Waals surface area contributed by atoms with Crippen LogP contribution in [-0.4, -0.2) is 58.0 Å². The highest BCUT2D eigenvalue weighted by Gasteiger charge is 2.36. The number of likely N-dealkylation sites (tertiary alicyclic amines) is 1. The van der Waals surface area contributed by atoms with Gasteiger partial charge < -0.3 is 20.3 Å². The smallest absolute Gasteiger partial charge is 0.408 e. The van der Waals surface area contributed by atoms with Gasteiger partial charge in [0, 0.05) is 6.54 Å². The van der Waals surface area contributed by atoms with Crippen LogP contribution in [-0.2, 0) is 9.53 Å². The van der Waals surface area contributed by atoms with Crippen molar-refractivity contribution >= 4 is 18.2 Å². The molecule has 1 heterocycles. The van der Waals surface area contributed by atoms with Gasteiger partial charge in [-0.15, -0.1) is 0 Å². The van der Waals surface area contributed by atoms with E-state index in [0.29, 0.717) is 6.42 Å². The highest BCUT2D eigenvalue weighted by Crippen LogP contribution is 2.18. The third kappa shape index (κ3) is 4.31. The van der Waals surface area contributed by atoms with E-state index < -0.39 is 30.2 Å². The zero-order valence-corrected chi connectivity index (χ0v) is 10.8. The Balaban J connectivity index is 2.59. The van der Waals surface area contributed by atoms with Crippen molar-refractivity contribution in [1.82, 2.24) is 10.2 Å². The quantitative estimate of drug-likeness (QED) is 0.698. The molecule has 0 spiro atoms. The number of amides is 2. The maximum absolute atomic E-state index is 11.4. The van der Waals surface area contributed by atoms with E-state index in [2.05, 4.69) is 5.32 Å². The van der Waals surface area contributed by atoms with Crippen molar-refractivity contribution in [2.75, 3.05) is 6.54 Å². The van der Waals surface area contributed by atoms with Crippen molar-refractivity contribution in [3.05, 3.63) is 0 Å². The number of aliphatic carboxylic acids is 1. The number of alkyl carbamates (subject to hydrolysis) is 1. The number of carbonyl (C=O) groups excluding carboxylic acids is 1. The molecular formula is C11H18N2O6. The van der Waals surface area contributed by atoms with Crippen LogP contribution in [0, 0.1) is 0 Å². The van der Waals surface area contributed by atoms with Crippen molar-refractivity contribution in [1.29, 1.82) is 0 Å². The van der Waals surface area contributed by atoms with E-state index in [0.717, 1.165) is 4.90 Å². The largest absolute Gasteiger partial charge is 0.480 e. The highest BCUT2D eigenvalue weighted by atomic mass is 16.6. The minimum atomic E-state index is -1.31. The topological polar surface area (TPSA) is 116 Å². The molecule has 108 valence electrons. The summed E-state index contributed by atoms with van der Waals surface area (Å²) in [6, 6.07) is -1.49. The molecule has 0 bridgehead atoms. The Morgan fingerprint density at radius 2 is 1.89 bits per heavy atom. The van der Waals surface area contributed by atoms with Crippen LogP contribution in [0.25, 0.3) is 0 Å². The first-order valence-electron chi connectivity index (χ1n) is 6.00. The lowest BCUT2D eigenvalue weighted by Gasteiger charge is -2.35. The van der Waals surface area contributed by atoms with Gasteiger partial charge in [-0.05, 0) is 26.7 Å². The van der Waals surface area contributed by atoms with Gasteiger partial charge in [0.2, 0.25) is 0 Å². The second kappa shape index (κ2) is 6.26. The molecule has 1 rings (SSSR count). The van der Waals surface area contributed by atoms with E-state index in [1.165, 1.54) is 0 Å². The molecule has 0 aromatic heterocycles. The van der Waals surface area contributed by atoms with Gasteiger partial charge in [-0.1, -0.05) is 0 Å². The first-order valence-corrected chi connectivity index (χ1v) is 6.00. The molecule has 0 aromatic carbocycles. The fourth-order valence-electron chi connectivity index (χ4n) is 1.97. The molecule has 8 heteroatoms. The fourth-order valence-corrected chi connectivity index (χ4v) is 1.97. The van der Waals surface area contributed by atoms with Gasteiger partial charge in [-0.25, -0.2) is 14.4 Å². The fraction of sp³-hybridized carbons (Fsp3) is 0.727. The van der Waals surface area contributed by atoms with Gasteiger partial charge in [-0.3, -0.25) is 4.90 Å². The molecule has 8 nitrogen and oxygen atoms in total. The zero-order chi connectivity index (χ0) is 14.6. The maximum Gasteiger partial charge on any atom is 0.408 e. The Bertz CT molecular complexity index is 370. The number of carboxylic acid groups (broad SMARTS) is 2. The molecular weight excluding hydrogens is 256 g/mol. The van der Waals surface area contributed by atoms with Gasteiger partial charge >= 0.3 is 18.2 Å². The molecule has 2 atom stereocenters. The Hall–Kier alpha value is -1.99. The van der Waals surface area contributed by atoms with Crippen LogP contribution in [0.4, 0.5) is 9.59 Å². The monoisotopic (exact) mass is 274 g/mol. The number of carbonyl (C=O) groups is 3. The van der Waals surface area contributed by atoms with Crippen molar-refractivity contribution in [3.8, 4) is 0 Å². The minimum absolute atomic E-state index is 0.0561. The molecule has 2 amide bonds. The number of piperidine rings is 1. The molecule has 2 unspecified atom stereocenters. The predicted octanol–water partition coefficient (Wildman–Crippen LogP) is 0.717. The lowest BCUT2D eigenvalue weighted by Crippen LogP contribution is -2.56. The molecule has 19 heavy (non-hydrogen) atoms. The van der Waals surface area contributed by atoms with Crippen LogP contribution in [0.15, 0.2) is 0 Å². The summed E-state index contributed by atoms with van der Waals surface area (Å²) in [4.78, 5) is 34.1.